The number of aromatic nitrogens is 1. The Kier molecular flexibility index (Phi) is 3.87. The quantitative estimate of drug-likeness (QED) is 0.632. The van der Waals surface area contributed by atoms with E-state index in [9.17, 15) is 13.0 Å². The first-order valence-electron chi connectivity index (χ1n) is 6.20. The van der Waals surface area contributed by atoms with Crippen LogP contribution in [0.3, 0.4) is 0 Å². The zero-order chi connectivity index (χ0) is 14.0. The highest BCUT2D eigenvalue weighted by Gasteiger charge is 2.12. The van der Waals surface area contributed by atoms with Gasteiger partial charge in [0.15, 0.2) is 5.69 Å². The highest BCUT2D eigenvalue weighted by atomic mass is 32.2. The highest BCUT2D eigenvalue weighted by molar-refractivity contribution is 7.85. The number of pyridine rings is 1. The zero-order valence-electron chi connectivity index (χ0n) is 11.1. The summed E-state index contributed by atoms with van der Waals surface area (Å²) in [5.41, 5.74) is 3.30. The number of rotatable bonds is 4. The van der Waals surface area contributed by atoms with Gasteiger partial charge in [0, 0.05) is 36.6 Å². The number of aryl methyl sites for hydroxylation is 3. The Labute approximate surface area is 113 Å². The van der Waals surface area contributed by atoms with Crippen molar-refractivity contribution >= 4 is 21.0 Å². The van der Waals surface area contributed by atoms with Crippen molar-refractivity contribution in [2.75, 3.05) is 5.75 Å². The van der Waals surface area contributed by atoms with E-state index >= 15 is 0 Å². The normalized spacial score (nSPS) is 11.9. The molecule has 0 spiro atoms. The summed E-state index contributed by atoms with van der Waals surface area (Å²) in [6, 6.07) is 10.2. The molecule has 19 heavy (non-hydrogen) atoms. The van der Waals surface area contributed by atoms with Gasteiger partial charge >= 0.3 is 0 Å². The third-order valence-corrected chi connectivity index (χ3v) is 3.97. The van der Waals surface area contributed by atoms with Gasteiger partial charge in [-0.05, 0) is 19.1 Å². The van der Waals surface area contributed by atoms with E-state index in [1.54, 1.807) is 0 Å². The predicted octanol–water partition coefficient (Wildman–Crippen LogP) is 1.68. The standard InChI is InChI=1S/C14H17NO3S/c1-11-4-7-14-13(10-11)6-5-12(2)15(14)8-3-9-19(16,17)18/h4-7,10H,3,8-9H2,1-2H3. The van der Waals surface area contributed by atoms with Crippen molar-refractivity contribution in [2.45, 2.75) is 26.8 Å². The lowest BCUT2D eigenvalue weighted by Gasteiger charge is -2.07. The lowest BCUT2D eigenvalue weighted by atomic mass is 10.1. The second-order valence-corrected chi connectivity index (χ2v) is 6.33. The van der Waals surface area contributed by atoms with Crippen LogP contribution >= 0.6 is 0 Å². The van der Waals surface area contributed by atoms with Crippen LogP contribution < -0.4 is 4.57 Å². The minimum atomic E-state index is -4.13. The lowest BCUT2D eigenvalue weighted by molar-refractivity contribution is -0.677. The van der Waals surface area contributed by atoms with Crippen LogP contribution in [0.2, 0.25) is 0 Å². The molecule has 0 amide bonds. The van der Waals surface area contributed by atoms with Gasteiger partial charge in [-0.15, -0.1) is 0 Å². The molecule has 0 atom stereocenters. The average Bonchev–Trinajstić information content (AvgIpc) is 2.30. The molecule has 0 unspecified atom stereocenters. The van der Waals surface area contributed by atoms with Crippen molar-refractivity contribution in [2.24, 2.45) is 0 Å². The number of hydrogen-bond acceptors (Lipinski definition) is 3. The first kappa shape index (κ1) is 14.0. The summed E-state index contributed by atoms with van der Waals surface area (Å²) in [6.07, 6.45) is 0.338. The number of fused-ring (bicyclic) bond motifs is 1. The van der Waals surface area contributed by atoms with E-state index in [0.717, 1.165) is 16.6 Å². The molecule has 1 aromatic heterocycles. The molecule has 1 heterocycles. The fraction of sp³-hybridized carbons (Fsp3) is 0.357. The van der Waals surface area contributed by atoms with E-state index in [-0.39, 0.29) is 5.75 Å². The van der Waals surface area contributed by atoms with Gasteiger partial charge in [0.05, 0.1) is 10.1 Å². The molecule has 1 aromatic carbocycles. The molecule has 2 aromatic rings. The molecular formula is C14H17NO3S. The molecule has 0 aliphatic heterocycles. The second kappa shape index (κ2) is 5.27. The van der Waals surface area contributed by atoms with E-state index in [1.807, 2.05) is 32.0 Å². The molecule has 5 heteroatoms. The summed E-state index contributed by atoms with van der Waals surface area (Å²) in [5, 5.41) is 1.12. The highest BCUT2D eigenvalue weighted by Crippen LogP contribution is 2.13. The van der Waals surface area contributed by atoms with Crippen molar-refractivity contribution in [3.63, 3.8) is 0 Å². The van der Waals surface area contributed by atoms with Gasteiger partial charge in [-0.3, -0.25) is 0 Å². The van der Waals surface area contributed by atoms with Gasteiger partial charge in [-0.2, -0.15) is 4.57 Å². The van der Waals surface area contributed by atoms with Crippen molar-refractivity contribution in [3.8, 4) is 0 Å². The minimum Gasteiger partial charge on any atom is -0.748 e. The van der Waals surface area contributed by atoms with E-state index in [4.69, 9.17) is 0 Å². The first-order valence-corrected chi connectivity index (χ1v) is 7.78. The minimum absolute atomic E-state index is 0.318. The van der Waals surface area contributed by atoms with Crippen LogP contribution in [0.15, 0.2) is 30.3 Å². The fourth-order valence-electron chi connectivity index (χ4n) is 2.24. The third-order valence-electron chi connectivity index (χ3n) is 3.18. The second-order valence-electron chi connectivity index (χ2n) is 4.80. The van der Waals surface area contributed by atoms with Crippen molar-refractivity contribution in [1.29, 1.82) is 0 Å². The zero-order valence-corrected chi connectivity index (χ0v) is 11.9. The molecule has 0 bridgehead atoms. The summed E-state index contributed by atoms with van der Waals surface area (Å²) >= 11 is 0. The molecule has 0 saturated heterocycles. The molecule has 0 aliphatic carbocycles. The Morgan fingerprint density at radius 1 is 1.16 bits per heavy atom. The predicted molar refractivity (Wildman–Crippen MR) is 72.8 cm³/mol. The number of hydrogen-bond donors (Lipinski definition) is 0. The molecule has 0 saturated carbocycles. The monoisotopic (exact) mass is 279 g/mol. The molecule has 0 radical (unpaired) electrons. The van der Waals surface area contributed by atoms with Crippen LogP contribution in [0, 0.1) is 13.8 Å². The average molecular weight is 279 g/mol. The fourth-order valence-corrected chi connectivity index (χ4v) is 2.72. The Morgan fingerprint density at radius 3 is 2.58 bits per heavy atom. The summed E-state index contributed by atoms with van der Waals surface area (Å²) < 4.78 is 34.0. The van der Waals surface area contributed by atoms with Crippen LogP contribution in [-0.2, 0) is 16.7 Å². The van der Waals surface area contributed by atoms with Crippen molar-refractivity contribution < 1.29 is 17.5 Å². The van der Waals surface area contributed by atoms with Crippen LogP contribution in [0.25, 0.3) is 10.9 Å². The van der Waals surface area contributed by atoms with Gasteiger partial charge in [0.2, 0.25) is 5.52 Å². The molecule has 0 aliphatic rings. The maximum Gasteiger partial charge on any atom is 0.212 e. The van der Waals surface area contributed by atoms with E-state index in [2.05, 4.69) is 16.7 Å². The summed E-state index contributed by atoms with van der Waals surface area (Å²) in [6.45, 7) is 4.55. The van der Waals surface area contributed by atoms with Crippen LogP contribution in [-0.4, -0.2) is 18.7 Å². The topological polar surface area (TPSA) is 61.1 Å². The van der Waals surface area contributed by atoms with E-state index < -0.39 is 10.1 Å². The largest absolute Gasteiger partial charge is 0.748 e. The first-order chi connectivity index (χ1) is 8.87. The number of nitrogens with zero attached hydrogens (tertiary/aromatic N) is 1. The summed E-state index contributed by atoms with van der Waals surface area (Å²) in [7, 11) is -4.13. The van der Waals surface area contributed by atoms with Crippen molar-refractivity contribution in [1.82, 2.24) is 0 Å². The van der Waals surface area contributed by atoms with Gasteiger partial charge < -0.3 is 4.55 Å². The lowest BCUT2D eigenvalue weighted by Crippen LogP contribution is -2.38. The van der Waals surface area contributed by atoms with Crippen LogP contribution in [0.4, 0.5) is 0 Å². The van der Waals surface area contributed by atoms with Crippen LogP contribution in [0.5, 0.6) is 0 Å². The van der Waals surface area contributed by atoms with Gasteiger partial charge in [-0.1, -0.05) is 11.6 Å². The Bertz CT molecular complexity index is 708. The Hall–Kier alpha value is -1.46. The molecule has 0 N–H and O–H groups in total. The molecule has 4 nitrogen and oxygen atoms in total. The molecule has 0 fully saturated rings. The maximum absolute atomic E-state index is 10.6. The maximum atomic E-state index is 10.6. The van der Waals surface area contributed by atoms with Gasteiger partial charge in [-0.25, -0.2) is 8.42 Å². The SMILES string of the molecule is Cc1ccc2c(ccc(C)[n+]2CCCS(=O)(=O)[O-])c1. The number of benzene rings is 1. The third kappa shape index (κ3) is 3.52. The van der Waals surface area contributed by atoms with Gasteiger partial charge in [0.1, 0.15) is 6.54 Å². The van der Waals surface area contributed by atoms with E-state index in [0.29, 0.717) is 13.0 Å². The van der Waals surface area contributed by atoms with E-state index in [1.165, 1.54) is 5.56 Å². The summed E-state index contributed by atoms with van der Waals surface area (Å²) in [5.74, 6) is -0.318. The smallest absolute Gasteiger partial charge is 0.212 e. The molecule has 2 rings (SSSR count). The van der Waals surface area contributed by atoms with Gasteiger partial charge in [0.25, 0.3) is 0 Å². The van der Waals surface area contributed by atoms with Crippen LogP contribution in [0.1, 0.15) is 17.7 Å². The Balaban J connectivity index is 2.33. The molecule has 102 valence electrons. The molecular weight excluding hydrogens is 262 g/mol. The summed E-state index contributed by atoms with van der Waals surface area (Å²) in [4.78, 5) is 0. The van der Waals surface area contributed by atoms with Crippen molar-refractivity contribution in [3.05, 3.63) is 41.6 Å². The Morgan fingerprint density at radius 2 is 1.89 bits per heavy atom.